The summed E-state index contributed by atoms with van der Waals surface area (Å²) in [7, 11) is 1.42. The molecular formula is C27H36FN5O3. The largest absolute Gasteiger partial charge is 0.494 e. The molecule has 8 nitrogen and oxygen atoms in total. The molecule has 1 aromatic heterocycles. The maximum absolute atomic E-state index is 14.5. The second kappa shape index (κ2) is 14.3. The van der Waals surface area contributed by atoms with Crippen LogP contribution < -0.4 is 15.8 Å². The normalized spacial score (nSPS) is 15.6. The molecule has 9 heteroatoms. The van der Waals surface area contributed by atoms with Gasteiger partial charge in [-0.1, -0.05) is 12.1 Å². The predicted octanol–water partition coefficient (Wildman–Crippen LogP) is 4.46. The number of aromatic nitrogens is 2. The van der Waals surface area contributed by atoms with Crippen molar-refractivity contribution < 1.29 is 18.7 Å². The number of nitrogens with zero attached hydrogens (tertiary/aromatic N) is 3. The molecule has 1 aliphatic heterocycles. The van der Waals surface area contributed by atoms with Gasteiger partial charge in [-0.15, -0.1) is 0 Å². The summed E-state index contributed by atoms with van der Waals surface area (Å²) >= 11 is 0. The summed E-state index contributed by atoms with van der Waals surface area (Å²) in [6.07, 6.45) is 12.0. The molecule has 0 saturated carbocycles. The summed E-state index contributed by atoms with van der Waals surface area (Å²) in [5.74, 6) is 0.263. The third-order valence-electron chi connectivity index (χ3n) is 6.22. The zero-order chi connectivity index (χ0) is 25.8. The van der Waals surface area contributed by atoms with Gasteiger partial charge in [0.05, 0.1) is 18.8 Å². The van der Waals surface area contributed by atoms with Gasteiger partial charge >= 0.3 is 0 Å². The van der Waals surface area contributed by atoms with E-state index < -0.39 is 5.82 Å². The van der Waals surface area contributed by atoms with Crippen molar-refractivity contribution in [2.45, 2.75) is 51.1 Å². The van der Waals surface area contributed by atoms with Crippen LogP contribution in [0.25, 0.3) is 5.57 Å². The number of methoxy groups -OCH3 is 1. The summed E-state index contributed by atoms with van der Waals surface area (Å²) < 4.78 is 24.9. The SMILES string of the molecule is C/C=C(\C=C/N(C=O)C(CCCCN)c1ccc(OC)c(F)c1)c1ccnc(NC2CCOCC2)n1. The molecule has 0 radical (unpaired) electrons. The number of carbonyl (C=O) groups is 1. The van der Waals surface area contributed by atoms with Gasteiger partial charge in [-0.05, 0) is 81.0 Å². The predicted molar refractivity (Wildman–Crippen MR) is 139 cm³/mol. The lowest BCUT2D eigenvalue weighted by atomic mass is 9.99. The van der Waals surface area contributed by atoms with Gasteiger partial charge in [0.15, 0.2) is 11.6 Å². The highest BCUT2D eigenvalue weighted by molar-refractivity contribution is 5.72. The number of nitrogens with two attached hydrogens (primary N) is 1. The van der Waals surface area contributed by atoms with Crippen LogP contribution in [0.4, 0.5) is 10.3 Å². The van der Waals surface area contributed by atoms with Crippen molar-refractivity contribution >= 4 is 17.9 Å². The smallest absolute Gasteiger partial charge is 0.223 e. The monoisotopic (exact) mass is 497 g/mol. The highest BCUT2D eigenvalue weighted by atomic mass is 19.1. The van der Waals surface area contributed by atoms with Gasteiger partial charge in [-0.3, -0.25) is 4.79 Å². The van der Waals surface area contributed by atoms with E-state index in [1.807, 2.05) is 25.1 Å². The molecule has 0 spiro atoms. The van der Waals surface area contributed by atoms with Gasteiger partial charge in [-0.2, -0.15) is 0 Å². The molecule has 3 rings (SSSR count). The standard InChI is InChI=1S/C27H36FN5O3/c1-3-20(24-9-14-30-27(32-24)31-22-11-16-36-17-12-22)10-15-33(19-34)25(6-4-5-13-29)21-7-8-26(35-2)23(28)18-21/h3,7-10,14-15,18-19,22,25H,4-6,11-13,16-17,29H2,1-2H3,(H,30,31,32)/b15-10-,20-3+. The van der Waals surface area contributed by atoms with E-state index in [1.54, 1.807) is 29.4 Å². The number of halogens is 1. The van der Waals surface area contributed by atoms with Crippen LogP contribution >= 0.6 is 0 Å². The van der Waals surface area contributed by atoms with Crippen LogP contribution in [-0.4, -0.2) is 54.2 Å². The Balaban J connectivity index is 1.80. The van der Waals surface area contributed by atoms with E-state index >= 15 is 0 Å². The first-order valence-electron chi connectivity index (χ1n) is 12.4. The van der Waals surface area contributed by atoms with Crippen molar-refractivity contribution in [1.29, 1.82) is 0 Å². The maximum Gasteiger partial charge on any atom is 0.223 e. The van der Waals surface area contributed by atoms with E-state index in [0.717, 1.165) is 56.6 Å². The lowest BCUT2D eigenvalue weighted by Gasteiger charge is -2.26. The van der Waals surface area contributed by atoms with Crippen LogP contribution in [0.15, 0.2) is 48.8 Å². The Hall–Kier alpha value is -3.30. The summed E-state index contributed by atoms with van der Waals surface area (Å²) in [6.45, 7) is 3.93. The Morgan fingerprint density at radius 2 is 2.14 bits per heavy atom. The molecular weight excluding hydrogens is 461 g/mol. The quantitative estimate of drug-likeness (QED) is 0.239. The zero-order valence-electron chi connectivity index (χ0n) is 21.0. The fraction of sp³-hybridized carbons (Fsp3) is 0.444. The highest BCUT2D eigenvalue weighted by Gasteiger charge is 2.20. The van der Waals surface area contributed by atoms with E-state index in [0.29, 0.717) is 24.5 Å². The average Bonchev–Trinajstić information content (AvgIpc) is 2.90. The Labute approximate surface area is 212 Å². The molecule has 1 amide bonds. The minimum atomic E-state index is -0.465. The van der Waals surface area contributed by atoms with Gasteiger partial charge in [0.25, 0.3) is 0 Å². The van der Waals surface area contributed by atoms with Crippen LogP contribution in [0, 0.1) is 5.82 Å². The molecule has 1 fully saturated rings. The summed E-state index contributed by atoms with van der Waals surface area (Å²) in [5.41, 5.74) is 7.93. The number of amides is 1. The number of nitrogens with one attached hydrogen (secondary N) is 1. The van der Waals surface area contributed by atoms with Crippen molar-refractivity contribution in [1.82, 2.24) is 14.9 Å². The molecule has 3 N–H and O–H groups in total. The number of benzene rings is 1. The van der Waals surface area contributed by atoms with Gasteiger partial charge in [0, 0.05) is 31.7 Å². The van der Waals surface area contributed by atoms with Crippen LogP contribution in [0.5, 0.6) is 5.75 Å². The van der Waals surface area contributed by atoms with Gasteiger partial charge in [-0.25, -0.2) is 14.4 Å². The van der Waals surface area contributed by atoms with Gasteiger partial charge < -0.3 is 25.4 Å². The third kappa shape index (κ3) is 7.60. The van der Waals surface area contributed by atoms with Gasteiger partial charge in [0.1, 0.15) is 0 Å². The minimum Gasteiger partial charge on any atom is -0.494 e. The first-order chi connectivity index (χ1) is 17.6. The van der Waals surface area contributed by atoms with Crippen molar-refractivity contribution in [3.05, 3.63) is 65.9 Å². The van der Waals surface area contributed by atoms with E-state index in [4.69, 9.17) is 15.2 Å². The van der Waals surface area contributed by atoms with E-state index in [2.05, 4.69) is 15.3 Å². The number of rotatable bonds is 13. The van der Waals surface area contributed by atoms with E-state index in [1.165, 1.54) is 13.2 Å². The fourth-order valence-electron chi connectivity index (χ4n) is 4.18. The minimum absolute atomic E-state index is 0.165. The van der Waals surface area contributed by atoms with Crippen molar-refractivity contribution in [3.63, 3.8) is 0 Å². The molecule has 2 heterocycles. The average molecular weight is 498 g/mol. The Morgan fingerprint density at radius 1 is 1.33 bits per heavy atom. The van der Waals surface area contributed by atoms with Crippen LogP contribution in [-0.2, 0) is 9.53 Å². The number of carbonyl (C=O) groups excluding carboxylic acids is 1. The first kappa shape index (κ1) is 27.3. The second-order valence-corrected chi connectivity index (χ2v) is 8.60. The molecule has 1 atom stereocenters. The van der Waals surface area contributed by atoms with Crippen LogP contribution in [0.1, 0.15) is 56.3 Å². The number of unbranched alkanes of at least 4 members (excludes halogenated alkanes) is 1. The van der Waals surface area contributed by atoms with Crippen LogP contribution in [0.2, 0.25) is 0 Å². The third-order valence-corrected chi connectivity index (χ3v) is 6.22. The highest BCUT2D eigenvalue weighted by Crippen LogP contribution is 2.30. The molecule has 1 unspecified atom stereocenters. The molecule has 0 aliphatic carbocycles. The van der Waals surface area contributed by atoms with E-state index in [9.17, 15) is 9.18 Å². The van der Waals surface area contributed by atoms with Crippen LogP contribution in [0.3, 0.4) is 0 Å². The summed E-state index contributed by atoms with van der Waals surface area (Å²) in [5, 5.41) is 3.38. The molecule has 194 valence electrons. The zero-order valence-corrected chi connectivity index (χ0v) is 21.0. The number of ether oxygens (including phenoxy) is 2. The Bertz CT molecular complexity index is 1040. The summed E-state index contributed by atoms with van der Waals surface area (Å²) in [4.78, 5) is 22.7. The number of hydrogen-bond donors (Lipinski definition) is 2. The second-order valence-electron chi connectivity index (χ2n) is 8.60. The number of allylic oxidation sites excluding steroid dienone is 3. The molecule has 0 bridgehead atoms. The topological polar surface area (TPSA) is 103 Å². The summed E-state index contributed by atoms with van der Waals surface area (Å²) in [6, 6.07) is 6.55. The molecule has 1 aliphatic rings. The number of hydrogen-bond acceptors (Lipinski definition) is 7. The molecule has 2 aromatic rings. The Morgan fingerprint density at radius 3 is 2.81 bits per heavy atom. The lowest BCUT2D eigenvalue weighted by Crippen LogP contribution is -2.28. The van der Waals surface area contributed by atoms with Crippen molar-refractivity contribution in [3.8, 4) is 5.75 Å². The van der Waals surface area contributed by atoms with Gasteiger partial charge in [0.2, 0.25) is 12.4 Å². The maximum atomic E-state index is 14.5. The number of anilines is 1. The van der Waals surface area contributed by atoms with Crippen molar-refractivity contribution in [2.24, 2.45) is 5.73 Å². The van der Waals surface area contributed by atoms with E-state index in [-0.39, 0.29) is 17.8 Å². The molecule has 36 heavy (non-hydrogen) atoms. The van der Waals surface area contributed by atoms with Crippen molar-refractivity contribution in [2.75, 3.05) is 32.2 Å². The molecule has 1 aromatic carbocycles. The molecule has 1 saturated heterocycles. The lowest BCUT2D eigenvalue weighted by molar-refractivity contribution is -0.117. The fourth-order valence-corrected chi connectivity index (χ4v) is 4.18. The Kier molecular flexibility index (Phi) is 10.8. The first-order valence-corrected chi connectivity index (χ1v) is 12.4.